The summed E-state index contributed by atoms with van der Waals surface area (Å²) in [4.78, 5) is 11.1. The van der Waals surface area contributed by atoms with Crippen LogP contribution in [0.5, 0.6) is 11.5 Å². The summed E-state index contributed by atoms with van der Waals surface area (Å²) in [5.74, 6) is 1.69. The molecular formula is C16H25NO3. The van der Waals surface area contributed by atoms with Crippen LogP contribution in [0.4, 0.5) is 0 Å². The Bertz CT molecular complexity index is 418. The first-order valence-corrected chi connectivity index (χ1v) is 7.36. The Morgan fingerprint density at radius 1 is 1.15 bits per heavy atom. The van der Waals surface area contributed by atoms with Crippen LogP contribution in [0.15, 0.2) is 18.2 Å². The molecule has 0 bridgehead atoms. The third kappa shape index (κ3) is 5.51. The van der Waals surface area contributed by atoms with E-state index in [1.165, 1.54) is 6.42 Å². The third-order valence-corrected chi connectivity index (χ3v) is 2.66. The number of hydrogen-bond donors (Lipinski definition) is 1. The van der Waals surface area contributed by atoms with Crippen molar-refractivity contribution in [2.75, 3.05) is 19.8 Å². The van der Waals surface area contributed by atoms with E-state index < -0.39 is 0 Å². The zero-order chi connectivity index (χ0) is 14.8. The van der Waals surface area contributed by atoms with Crippen LogP contribution in [0.1, 0.15) is 39.2 Å². The van der Waals surface area contributed by atoms with Gasteiger partial charge in [0.25, 0.3) is 0 Å². The summed E-state index contributed by atoms with van der Waals surface area (Å²) in [6.07, 6.45) is 2.59. The highest BCUT2D eigenvalue weighted by Crippen LogP contribution is 2.30. The zero-order valence-electron chi connectivity index (χ0n) is 12.7. The fourth-order valence-corrected chi connectivity index (χ4v) is 1.71. The van der Waals surface area contributed by atoms with Gasteiger partial charge in [0.2, 0.25) is 5.91 Å². The normalized spacial score (nSPS) is 12.2. The van der Waals surface area contributed by atoms with Gasteiger partial charge in [-0.15, -0.1) is 0 Å². The number of ether oxygens (including phenoxy) is 2. The van der Waals surface area contributed by atoms with Crippen molar-refractivity contribution in [1.82, 2.24) is 5.32 Å². The maximum atomic E-state index is 11.1. The fraction of sp³-hybridized carbons (Fsp3) is 0.562. The van der Waals surface area contributed by atoms with Crippen LogP contribution >= 0.6 is 0 Å². The SMILES string of the molecule is CCC.CCC(=O)NCCc1ccc2c(c1)OCCO2. The lowest BCUT2D eigenvalue weighted by Crippen LogP contribution is -2.24. The van der Waals surface area contributed by atoms with Crippen molar-refractivity contribution in [3.05, 3.63) is 23.8 Å². The first-order chi connectivity index (χ1) is 9.71. The molecule has 1 amide bonds. The van der Waals surface area contributed by atoms with Crippen LogP contribution in [0.25, 0.3) is 0 Å². The summed E-state index contributed by atoms with van der Waals surface area (Å²) in [5, 5.41) is 2.85. The fourth-order valence-electron chi connectivity index (χ4n) is 1.71. The molecule has 1 heterocycles. The van der Waals surface area contributed by atoms with Crippen LogP contribution in [0, 0.1) is 0 Å². The lowest BCUT2D eigenvalue weighted by atomic mass is 10.1. The topological polar surface area (TPSA) is 47.6 Å². The molecule has 0 fully saturated rings. The Balaban J connectivity index is 0.000000612. The van der Waals surface area contributed by atoms with Crippen molar-refractivity contribution < 1.29 is 14.3 Å². The number of benzene rings is 1. The van der Waals surface area contributed by atoms with Gasteiger partial charge in [0.05, 0.1) is 0 Å². The second-order valence-corrected chi connectivity index (χ2v) is 4.64. The molecule has 0 atom stereocenters. The van der Waals surface area contributed by atoms with Gasteiger partial charge in [-0.3, -0.25) is 4.79 Å². The van der Waals surface area contributed by atoms with Gasteiger partial charge in [0.1, 0.15) is 13.2 Å². The molecule has 112 valence electrons. The molecule has 0 spiro atoms. The Kier molecular flexibility index (Phi) is 7.55. The number of rotatable bonds is 4. The quantitative estimate of drug-likeness (QED) is 0.921. The van der Waals surface area contributed by atoms with E-state index in [2.05, 4.69) is 19.2 Å². The predicted octanol–water partition coefficient (Wildman–Crippen LogP) is 2.94. The van der Waals surface area contributed by atoms with Gasteiger partial charge in [0.15, 0.2) is 11.5 Å². The van der Waals surface area contributed by atoms with Crippen molar-refractivity contribution in [2.45, 2.75) is 40.0 Å². The van der Waals surface area contributed by atoms with E-state index >= 15 is 0 Å². The number of fused-ring (bicyclic) bond motifs is 1. The minimum absolute atomic E-state index is 0.0857. The first-order valence-electron chi connectivity index (χ1n) is 7.36. The first kappa shape index (κ1) is 16.3. The predicted molar refractivity (Wildman–Crippen MR) is 80.4 cm³/mol. The minimum atomic E-state index is 0.0857. The molecule has 20 heavy (non-hydrogen) atoms. The second-order valence-electron chi connectivity index (χ2n) is 4.64. The molecule has 1 aliphatic rings. The standard InChI is InChI=1S/C13H17NO3.C3H8/c1-2-13(15)14-6-5-10-3-4-11-12(9-10)17-8-7-16-11;1-3-2/h3-4,9H,2,5-8H2,1H3,(H,14,15);3H2,1-2H3. The van der Waals surface area contributed by atoms with Gasteiger partial charge in [-0.2, -0.15) is 0 Å². The summed E-state index contributed by atoms with van der Waals surface area (Å²) in [6, 6.07) is 5.91. The van der Waals surface area contributed by atoms with Gasteiger partial charge in [-0.05, 0) is 24.1 Å². The molecule has 4 heteroatoms. The molecule has 1 aromatic carbocycles. The molecule has 4 nitrogen and oxygen atoms in total. The third-order valence-electron chi connectivity index (χ3n) is 2.66. The van der Waals surface area contributed by atoms with Gasteiger partial charge in [-0.25, -0.2) is 0 Å². The molecule has 0 aromatic heterocycles. The van der Waals surface area contributed by atoms with Crippen molar-refractivity contribution in [1.29, 1.82) is 0 Å². The van der Waals surface area contributed by atoms with E-state index in [0.29, 0.717) is 26.2 Å². The van der Waals surface area contributed by atoms with Gasteiger partial charge >= 0.3 is 0 Å². The molecule has 0 aliphatic carbocycles. The number of amides is 1. The van der Waals surface area contributed by atoms with Crippen molar-refractivity contribution in [3.8, 4) is 11.5 Å². The van der Waals surface area contributed by atoms with Crippen molar-refractivity contribution in [2.24, 2.45) is 0 Å². The summed E-state index contributed by atoms with van der Waals surface area (Å²) in [6.45, 7) is 7.97. The second kappa shape index (κ2) is 9.23. The lowest BCUT2D eigenvalue weighted by Gasteiger charge is -2.18. The van der Waals surface area contributed by atoms with Crippen LogP contribution in [-0.4, -0.2) is 25.7 Å². The highest BCUT2D eigenvalue weighted by atomic mass is 16.6. The molecule has 0 saturated carbocycles. The molecule has 2 rings (SSSR count). The molecule has 1 aliphatic heterocycles. The highest BCUT2D eigenvalue weighted by molar-refractivity contribution is 5.75. The van der Waals surface area contributed by atoms with Crippen LogP contribution in [-0.2, 0) is 11.2 Å². The van der Waals surface area contributed by atoms with E-state index in [9.17, 15) is 4.79 Å². The molecule has 1 N–H and O–H groups in total. The Hall–Kier alpha value is -1.71. The maximum Gasteiger partial charge on any atom is 0.219 e. The number of nitrogens with one attached hydrogen (secondary N) is 1. The van der Waals surface area contributed by atoms with E-state index in [4.69, 9.17) is 9.47 Å². The van der Waals surface area contributed by atoms with Gasteiger partial charge in [0, 0.05) is 13.0 Å². The maximum absolute atomic E-state index is 11.1. The average molecular weight is 279 g/mol. The number of hydrogen-bond acceptors (Lipinski definition) is 3. The Labute approximate surface area is 121 Å². The summed E-state index contributed by atoms with van der Waals surface area (Å²) >= 11 is 0. The van der Waals surface area contributed by atoms with Gasteiger partial charge in [-0.1, -0.05) is 33.3 Å². The molecule has 0 radical (unpaired) electrons. The van der Waals surface area contributed by atoms with Crippen LogP contribution in [0.2, 0.25) is 0 Å². The Morgan fingerprint density at radius 3 is 2.45 bits per heavy atom. The van der Waals surface area contributed by atoms with Crippen LogP contribution in [0.3, 0.4) is 0 Å². The van der Waals surface area contributed by atoms with E-state index in [1.807, 2.05) is 25.1 Å². The minimum Gasteiger partial charge on any atom is -0.486 e. The lowest BCUT2D eigenvalue weighted by molar-refractivity contribution is -0.120. The number of carbonyl (C=O) groups excluding carboxylic acids is 1. The summed E-state index contributed by atoms with van der Waals surface area (Å²) in [5.41, 5.74) is 1.14. The van der Waals surface area contributed by atoms with Crippen molar-refractivity contribution in [3.63, 3.8) is 0 Å². The van der Waals surface area contributed by atoms with Crippen LogP contribution < -0.4 is 14.8 Å². The molecule has 0 unspecified atom stereocenters. The summed E-state index contributed by atoms with van der Waals surface area (Å²) < 4.78 is 10.9. The molecule has 0 saturated heterocycles. The van der Waals surface area contributed by atoms with Gasteiger partial charge < -0.3 is 14.8 Å². The molecular weight excluding hydrogens is 254 g/mol. The van der Waals surface area contributed by atoms with E-state index in [-0.39, 0.29) is 5.91 Å². The summed E-state index contributed by atoms with van der Waals surface area (Å²) in [7, 11) is 0. The highest BCUT2D eigenvalue weighted by Gasteiger charge is 2.11. The smallest absolute Gasteiger partial charge is 0.219 e. The largest absolute Gasteiger partial charge is 0.486 e. The van der Waals surface area contributed by atoms with E-state index in [0.717, 1.165) is 23.5 Å². The van der Waals surface area contributed by atoms with E-state index in [1.54, 1.807) is 0 Å². The monoisotopic (exact) mass is 279 g/mol. The average Bonchev–Trinajstić information content (AvgIpc) is 2.47. The Morgan fingerprint density at radius 2 is 1.80 bits per heavy atom. The van der Waals surface area contributed by atoms with Crippen molar-refractivity contribution >= 4 is 5.91 Å². The molecule has 1 aromatic rings. The number of carbonyl (C=O) groups is 1. The zero-order valence-corrected chi connectivity index (χ0v) is 12.7.